The number of ketones is 2. The quantitative estimate of drug-likeness (QED) is 0.0273. The lowest BCUT2D eigenvalue weighted by Gasteiger charge is -2.23. The second-order valence-corrected chi connectivity index (χ2v) is 23.4. The van der Waals surface area contributed by atoms with Crippen LogP contribution in [0.3, 0.4) is 0 Å². The molecule has 5 atom stereocenters. The van der Waals surface area contributed by atoms with Gasteiger partial charge in [0.1, 0.15) is 37.5 Å². The van der Waals surface area contributed by atoms with Crippen LogP contribution in [0.15, 0.2) is 91.0 Å². The Bertz CT molecular complexity index is 3470. The Morgan fingerprint density at radius 3 is 2.12 bits per heavy atom. The van der Waals surface area contributed by atoms with Gasteiger partial charge in [0.25, 0.3) is 5.91 Å². The molecule has 1 fully saturated rings. The van der Waals surface area contributed by atoms with Crippen LogP contribution >= 0.6 is 11.8 Å². The lowest BCUT2D eigenvalue weighted by Crippen LogP contribution is -2.39. The fraction of sp³-hybridized carbons (Fsp3) is 0.400. The van der Waals surface area contributed by atoms with Gasteiger partial charge in [0, 0.05) is 91.1 Å². The number of imide groups is 1. The van der Waals surface area contributed by atoms with Gasteiger partial charge in [0.05, 0.1) is 24.1 Å². The van der Waals surface area contributed by atoms with Crippen LogP contribution in [0.4, 0.5) is 22.7 Å². The van der Waals surface area contributed by atoms with Crippen LogP contribution in [-0.2, 0) is 61.2 Å². The van der Waals surface area contributed by atoms with E-state index >= 15 is 0 Å². The maximum atomic E-state index is 14.3. The number of amides is 6. The monoisotopic (exact) mass is 1140 g/mol. The van der Waals surface area contributed by atoms with Crippen molar-refractivity contribution in [1.82, 2.24) is 10.2 Å². The van der Waals surface area contributed by atoms with Crippen LogP contribution in [0.2, 0.25) is 0 Å². The van der Waals surface area contributed by atoms with Crippen LogP contribution in [0.25, 0.3) is 0 Å². The maximum Gasteiger partial charge on any atom is 0.258 e. The molecule has 1 saturated heterocycles. The molecular formula is C65H70N6O11S. The molecule has 0 radical (unpaired) electrons. The average molecular weight is 1140 g/mol. The maximum absolute atomic E-state index is 14.3. The van der Waals surface area contributed by atoms with Gasteiger partial charge in [0.15, 0.2) is 11.5 Å². The number of carbonyl (C=O) groups excluding carboxylic acids is 8. The number of rotatable bonds is 23. The van der Waals surface area contributed by atoms with E-state index in [1.165, 1.54) is 29.3 Å². The molecule has 83 heavy (non-hydrogen) atoms. The molecular weight excluding hydrogens is 1070 g/mol. The number of fused-ring (bicyclic) bond motifs is 8. The zero-order chi connectivity index (χ0) is 58.6. The van der Waals surface area contributed by atoms with Crippen molar-refractivity contribution in [2.45, 2.75) is 134 Å². The Hall–Kier alpha value is -8.12. The lowest BCUT2D eigenvalue weighted by atomic mass is 9.98. The molecule has 6 amide bonds. The molecule has 0 saturated carbocycles. The zero-order valence-electron chi connectivity index (χ0n) is 47.8. The van der Waals surface area contributed by atoms with Crippen molar-refractivity contribution in [1.29, 1.82) is 0 Å². The van der Waals surface area contributed by atoms with E-state index < -0.39 is 17.9 Å². The number of likely N-dealkylation sites (tertiary alicyclic amines) is 1. The van der Waals surface area contributed by atoms with E-state index in [1.807, 2.05) is 84.1 Å². The van der Waals surface area contributed by atoms with Gasteiger partial charge in [-0.2, -0.15) is 11.8 Å². The van der Waals surface area contributed by atoms with Crippen molar-refractivity contribution in [2.75, 3.05) is 42.1 Å². The number of carbonyl (C=O) groups is 8. The van der Waals surface area contributed by atoms with Gasteiger partial charge in [0.2, 0.25) is 29.5 Å². The predicted molar refractivity (Wildman–Crippen MR) is 316 cm³/mol. The van der Waals surface area contributed by atoms with Crippen LogP contribution in [0.1, 0.15) is 126 Å². The fourth-order valence-corrected chi connectivity index (χ4v) is 12.6. The summed E-state index contributed by atoms with van der Waals surface area (Å²) in [5.74, 6) is -1.09. The van der Waals surface area contributed by atoms with Crippen LogP contribution in [-0.4, -0.2) is 113 Å². The van der Waals surface area contributed by atoms with Crippen molar-refractivity contribution < 1.29 is 57.1 Å². The molecule has 5 aromatic rings. The summed E-state index contributed by atoms with van der Waals surface area (Å²) in [7, 11) is 3.38. The summed E-state index contributed by atoms with van der Waals surface area (Å²) < 4.78 is 20.7. The first-order valence-corrected chi connectivity index (χ1v) is 29.9. The van der Waals surface area contributed by atoms with Crippen molar-refractivity contribution in [3.8, 4) is 17.2 Å². The predicted octanol–water partition coefficient (Wildman–Crippen LogP) is 8.92. The molecule has 2 N–H and O–H groups in total. The lowest BCUT2D eigenvalue weighted by molar-refractivity contribution is -0.401. The first-order chi connectivity index (χ1) is 40.0. The molecule has 10 rings (SSSR count). The molecule has 0 aromatic heterocycles. The number of nitrogens with zero attached hydrogens (tertiary/aromatic N) is 4. The third-order valence-corrected chi connectivity index (χ3v) is 17.4. The van der Waals surface area contributed by atoms with Gasteiger partial charge >= 0.3 is 0 Å². The minimum atomic E-state index is -0.860. The molecule has 1 unspecified atom stereocenters. The molecule has 5 aliphatic rings. The molecule has 5 aromatic carbocycles. The number of methoxy groups -OCH3 is 1. The van der Waals surface area contributed by atoms with E-state index in [0.29, 0.717) is 83.0 Å². The fourth-order valence-electron chi connectivity index (χ4n) is 11.9. The zero-order valence-corrected chi connectivity index (χ0v) is 48.7. The smallest absolute Gasteiger partial charge is 0.258 e. The number of thioether (sulfide) groups is 1. The molecule has 5 heterocycles. The second-order valence-electron chi connectivity index (χ2n) is 22.3. The highest BCUT2D eigenvalue weighted by atomic mass is 32.2. The third-order valence-electron chi connectivity index (χ3n) is 16.4. The van der Waals surface area contributed by atoms with Gasteiger partial charge in [-0.1, -0.05) is 43.3 Å². The Balaban J connectivity index is 0.792. The topological polar surface area (TPSA) is 201 Å². The highest BCUT2D eigenvalue weighted by molar-refractivity contribution is 8.00. The van der Waals surface area contributed by atoms with E-state index in [9.17, 15) is 38.4 Å². The van der Waals surface area contributed by atoms with Crippen LogP contribution in [0, 0.1) is 12.8 Å². The Kier molecular flexibility index (Phi) is 17.6. The summed E-state index contributed by atoms with van der Waals surface area (Å²) in [6.45, 7) is 5.50. The Labute approximate surface area is 488 Å². The highest BCUT2D eigenvalue weighted by Crippen LogP contribution is 2.42. The SMILES string of the molecule is COc1cc2c(cc1OCc1cc(COc3cc4c(cc3C)C(=O)N3c5ccccc5C[C@H]3CC4)cc(NC(=O)[C@H](C)CC(=O)[C@H](C)NC(=O)CCCCC(=O)CCCN3C(=O)CC(SC)C3=O)c1)[N+](C)=[C-][C@@H]1Cc3ccccc3N1C2=O. The van der Waals surface area contributed by atoms with Crippen LogP contribution < -0.4 is 34.6 Å². The molecule has 17 nitrogen and oxygen atoms in total. The highest BCUT2D eigenvalue weighted by Gasteiger charge is 2.40. The molecule has 0 spiro atoms. The van der Waals surface area contributed by atoms with E-state index in [-0.39, 0.29) is 110 Å². The van der Waals surface area contributed by atoms with Crippen molar-refractivity contribution in [3.63, 3.8) is 0 Å². The molecule has 0 bridgehead atoms. The Morgan fingerprint density at radius 2 is 1.41 bits per heavy atom. The number of nitrogens with one attached hydrogen (secondary N) is 2. The van der Waals surface area contributed by atoms with Crippen molar-refractivity contribution >= 4 is 87.7 Å². The summed E-state index contributed by atoms with van der Waals surface area (Å²) in [5, 5.41) is 5.39. The van der Waals surface area contributed by atoms with E-state index in [1.54, 1.807) is 49.3 Å². The molecule has 18 heteroatoms. The van der Waals surface area contributed by atoms with Gasteiger partial charge in [-0.15, -0.1) is 0 Å². The number of hydrogen-bond acceptors (Lipinski definition) is 12. The number of unbranched alkanes of at least 4 members (excludes halogenated alkanes) is 1. The molecule has 5 aliphatic heterocycles. The standard InChI is InChI=1S/C65H70N6O11S/c1-38-24-50-43(21-22-47-29-44-14-7-10-18-52(44)70(47)63(50)77)31-56(38)81-36-41-26-42(37-82-58-33-54-51(32-57(58)80-5)64(78)71-48(35-68(54)4)30-45-15-8-11-19-53(45)71)28-46(27-41)67-62(76)39(2)25-55(73)40(3)66-60(74)20-12-9-16-49(72)17-13-23-69-61(75)34-59(83-6)65(69)79/h7-8,10-11,14-15,18-19,24,26-28,31-33,39-40,47-48,59H,9,12-13,16-17,20-23,25,29-30,34,36-37H2,1-6H3,(H,66,74)(H,67,76)/t39-,40+,47-,48+,59?/m1/s1. The first-order valence-electron chi connectivity index (χ1n) is 28.6. The normalized spacial score (nSPS) is 18.4. The third kappa shape index (κ3) is 12.6. The average Bonchev–Trinajstić information content (AvgIpc) is 2.72. The number of anilines is 3. The summed E-state index contributed by atoms with van der Waals surface area (Å²) in [6, 6.07) is 27.8. The number of ether oxygens (including phenoxy) is 3. The first kappa shape index (κ1) is 58.1. The minimum Gasteiger partial charge on any atom is -0.493 e. The van der Waals surface area contributed by atoms with Crippen LogP contribution in [0.5, 0.6) is 17.2 Å². The van der Waals surface area contributed by atoms with Crippen molar-refractivity contribution in [3.05, 3.63) is 136 Å². The summed E-state index contributed by atoms with van der Waals surface area (Å²) in [6.07, 6.45) is 10.2. The van der Waals surface area contributed by atoms with Gasteiger partial charge < -0.3 is 39.2 Å². The molecule has 432 valence electrons. The number of para-hydroxylation sites is 2. The molecule has 0 aliphatic carbocycles. The summed E-state index contributed by atoms with van der Waals surface area (Å²) >= 11 is 1.35. The minimum absolute atomic E-state index is 0.00575. The summed E-state index contributed by atoms with van der Waals surface area (Å²) in [5.41, 5.74) is 9.31. The van der Waals surface area contributed by atoms with E-state index in [0.717, 1.165) is 40.9 Å². The largest absolute Gasteiger partial charge is 0.493 e. The van der Waals surface area contributed by atoms with Crippen molar-refractivity contribution in [2.24, 2.45) is 5.92 Å². The number of benzene rings is 5. The summed E-state index contributed by atoms with van der Waals surface area (Å²) in [4.78, 5) is 111. The van der Waals surface area contributed by atoms with Gasteiger partial charge in [-0.25, -0.2) is 0 Å². The van der Waals surface area contributed by atoms with E-state index in [2.05, 4.69) is 22.9 Å². The Morgan fingerprint density at radius 1 is 0.747 bits per heavy atom. The number of Topliss-reactive ketones (excluding diaryl/α,β-unsaturated/α-hetero) is 2. The van der Waals surface area contributed by atoms with Gasteiger partial charge in [-0.05, 0) is 153 Å². The number of hydrogen-bond donors (Lipinski definition) is 2. The van der Waals surface area contributed by atoms with E-state index in [4.69, 9.17) is 14.2 Å². The number of aryl methyl sites for hydroxylation is 2. The van der Waals surface area contributed by atoms with Gasteiger partial charge in [-0.3, -0.25) is 43.3 Å². The second kappa shape index (κ2) is 25.2.